The number of rotatable bonds is 1. The third-order valence-corrected chi connectivity index (χ3v) is 4.95. The fourth-order valence-electron chi connectivity index (χ4n) is 2.41. The lowest BCUT2D eigenvalue weighted by Gasteiger charge is -2.14. The molecule has 0 aliphatic carbocycles. The monoisotopic (exact) mass is 381 g/mol. The molecule has 0 bridgehead atoms. The van der Waals surface area contributed by atoms with Gasteiger partial charge in [-0.1, -0.05) is 62.2 Å². The summed E-state index contributed by atoms with van der Waals surface area (Å²) in [6.45, 7) is 0. The average molecular weight is 383 g/mol. The molecule has 1 fully saturated rings. The maximum absolute atomic E-state index is 12.0. The number of carbonyl (C=O) groups is 2. The second-order valence-electron chi connectivity index (χ2n) is 4.42. The van der Waals surface area contributed by atoms with E-state index in [0.717, 1.165) is 20.8 Å². The van der Waals surface area contributed by atoms with Crippen molar-refractivity contribution in [1.29, 1.82) is 0 Å². The zero-order chi connectivity index (χ0) is 13.6. The van der Waals surface area contributed by atoms with Crippen LogP contribution in [-0.4, -0.2) is 16.6 Å². The largest absolute Gasteiger partial charge is 0.295 e. The first-order valence-corrected chi connectivity index (χ1v) is 7.46. The quantitative estimate of drug-likeness (QED) is 0.608. The Hall–Kier alpha value is -1.20. The zero-order valence-corrected chi connectivity index (χ0v) is 12.9. The highest BCUT2D eigenvalue weighted by molar-refractivity contribution is 9.10. The van der Waals surface area contributed by atoms with Crippen LogP contribution in [-0.2, 0) is 9.59 Å². The fourth-order valence-corrected chi connectivity index (χ4v) is 3.53. The molecule has 1 N–H and O–H groups in total. The predicted octanol–water partition coefficient (Wildman–Crippen LogP) is 3.11. The lowest BCUT2D eigenvalue weighted by molar-refractivity contribution is -0.125. The summed E-state index contributed by atoms with van der Waals surface area (Å²) < 4.78 is 0.975. The minimum Gasteiger partial charge on any atom is -0.295 e. The molecule has 1 heterocycles. The minimum atomic E-state index is -0.510. The van der Waals surface area contributed by atoms with Crippen LogP contribution in [0.1, 0.15) is 11.5 Å². The molecule has 1 aliphatic heterocycles. The van der Waals surface area contributed by atoms with Gasteiger partial charge in [0.1, 0.15) is 4.83 Å². The van der Waals surface area contributed by atoms with Crippen LogP contribution in [0.3, 0.4) is 0 Å². The molecule has 2 aromatic rings. The van der Waals surface area contributed by atoms with Gasteiger partial charge in [-0.25, -0.2) is 0 Å². The van der Waals surface area contributed by atoms with Crippen molar-refractivity contribution in [3.63, 3.8) is 0 Å². The summed E-state index contributed by atoms with van der Waals surface area (Å²) >= 11 is 6.81. The summed E-state index contributed by atoms with van der Waals surface area (Å²) in [7, 11) is 0. The zero-order valence-electron chi connectivity index (χ0n) is 9.69. The number of amides is 2. The first-order valence-electron chi connectivity index (χ1n) is 5.75. The summed E-state index contributed by atoms with van der Waals surface area (Å²) in [5, 5.41) is 4.37. The van der Waals surface area contributed by atoms with E-state index in [0.29, 0.717) is 0 Å². The van der Waals surface area contributed by atoms with Gasteiger partial charge in [-0.05, 0) is 22.4 Å². The number of carbonyl (C=O) groups excluding carboxylic acids is 2. The SMILES string of the molecule is O=C1NC(=O)C(c2ccc(Br)c3ccccc23)C1Br. The van der Waals surface area contributed by atoms with Gasteiger partial charge in [0.15, 0.2) is 0 Å². The third-order valence-electron chi connectivity index (χ3n) is 3.31. The Labute approximate surface area is 126 Å². The number of fused-ring (bicyclic) bond motifs is 1. The predicted molar refractivity (Wildman–Crippen MR) is 80.3 cm³/mol. The van der Waals surface area contributed by atoms with E-state index < -0.39 is 10.7 Å². The van der Waals surface area contributed by atoms with Gasteiger partial charge in [0.05, 0.1) is 5.92 Å². The van der Waals surface area contributed by atoms with Gasteiger partial charge in [0.25, 0.3) is 0 Å². The summed E-state index contributed by atoms with van der Waals surface area (Å²) in [6.07, 6.45) is 0. The molecule has 2 amide bonds. The maximum atomic E-state index is 12.0. The van der Waals surface area contributed by atoms with Gasteiger partial charge in [-0.3, -0.25) is 14.9 Å². The molecule has 2 atom stereocenters. The molecule has 2 unspecified atom stereocenters. The van der Waals surface area contributed by atoms with E-state index in [-0.39, 0.29) is 11.8 Å². The van der Waals surface area contributed by atoms with Crippen molar-refractivity contribution in [1.82, 2.24) is 5.32 Å². The number of alkyl halides is 1. The van der Waals surface area contributed by atoms with Crippen LogP contribution in [0.2, 0.25) is 0 Å². The van der Waals surface area contributed by atoms with Gasteiger partial charge >= 0.3 is 0 Å². The number of benzene rings is 2. The van der Waals surface area contributed by atoms with Gasteiger partial charge in [0.2, 0.25) is 11.8 Å². The van der Waals surface area contributed by atoms with E-state index in [1.165, 1.54) is 0 Å². The highest BCUT2D eigenvalue weighted by atomic mass is 79.9. The molecule has 2 aromatic carbocycles. The summed E-state index contributed by atoms with van der Waals surface area (Å²) in [6, 6.07) is 11.6. The molecule has 19 heavy (non-hydrogen) atoms. The van der Waals surface area contributed by atoms with Crippen molar-refractivity contribution in [2.24, 2.45) is 0 Å². The Morgan fingerprint density at radius 1 is 0.947 bits per heavy atom. The van der Waals surface area contributed by atoms with Gasteiger partial charge in [-0.2, -0.15) is 0 Å². The number of hydrogen-bond donors (Lipinski definition) is 1. The second kappa shape index (κ2) is 4.72. The van der Waals surface area contributed by atoms with Crippen molar-refractivity contribution < 1.29 is 9.59 Å². The molecule has 1 saturated heterocycles. The van der Waals surface area contributed by atoms with E-state index in [9.17, 15) is 9.59 Å². The van der Waals surface area contributed by atoms with Gasteiger partial charge < -0.3 is 0 Å². The Morgan fingerprint density at radius 2 is 1.63 bits per heavy atom. The van der Waals surface area contributed by atoms with E-state index in [1.807, 2.05) is 36.4 Å². The Morgan fingerprint density at radius 3 is 2.26 bits per heavy atom. The Kier molecular flexibility index (Phi) is 3.19. The Bertz CT molecular complexity index is 699. The van der Waals surface area contributed by atoms with E-state index in [4.69, 9.17) is 0 Å². The molecular weight excluding hydrogens is 374 g/mol. The van der Waals surface area contributed by atoms with Crippen LogP contribution in [0.15, 0.2) is 40.9 Å². The molecule has 0 spiro atoms. The van der Waals surface area contributed by atoms with Crippen molar-refractivity contribution >= 4 is 54.4 Å². The summed E-state index contributed by atoms with van der Waals surface area (Å²) in [5.74, 6) is -1.01. The normalized spacial score (nSPS) is 22.8. The number of halogens is 2. The molecule has 3 nitrogen and oxygen atoms in total. The molecule has 96 valence electrons. The third kappa shape index (κ3) is 2.01. The van der Waals surface area contributed by atoms with Crippen molar-refractivity contribution in [2.45, 2.75) is 10.7 Å². The topological polar surface area (TPSA) is 46.2 Å². The first kappa shape index (κ1) is 12.8. The molecule has 0 saturated carbocycles. The molecule has 3 rings (SSSR count). The van der Waals surface area contributed by atoms with E-state index in [1.54, 1.807) is 0 Å². The molecule has 0 radical (unpaired) electrons. The first-order chi connectivity index (χ1) is 9.09. The highest BCUT2D eigenvalue weighted by Crippen LogP contribution is 2.36. The summed E-state index contributed by atoms with van der Waals surface area (Å²) in [5.41, 5.74) is 0.865. The number of hydrogen-bond acceptors (Lipinski definition) is 2. The lowest BCUT2D eigenvalue weighted by Crippen LogP contribution is -2.22. The Balaban J connectivity index is 2.24. The maximum Gasteiger partial charge on any atom is 0.241 e. The molecule has 1 aliphatic rings. The van der Waals surface area contributed by atoms with Crippen LogP contribution in [0, 0.1) is 0 Å². The molecule has 5 heteroatoms. The van der Waals surface area contributed by atoms with E-state index >= 15 is 0 Å². The van der Waals surface area contributed by atoms with Crippen molar-refractivity contribution in [3.8, 4) is 0 Å². The summed E-state index contributed by atoms with van der Waals surface area (Å²) in [4.78, 5) is 23.0. The van der Waals surface area contributed by atoms with Crippen LogP contribution >= 0.6 is 31.9 Å². The lowest BCUT2D eigenvalue weighted by atomic mass is 9.92. The second-order valence-corrected chi connectivity index (χ2v) is 6.26. The van der Waals surface area contributed by atoms with Crippen molar-refractivity contribution in [2.75, 3.05) is 0 Å². The molecule has 0 aromatic heterocycles. The van der Waals surface area contributed by atoms with Crippen LogP contribution < -0.4 is 5.32 Å². The number of imide groups is 1. The smallest absolute Gasteiger partial charge is 0.241 e. The fraction of sp³-hybridized carbons (Fsp3) is 0.143. The van der Waals surface area contributed by atoms with Gasteiger partial charge in [-0.15, -0.1) is 0 Å². The van der Waals surface area contributed by atoms with Crippen LogP contribution in [0.4, 0.5) is 0 Å². The standard InChI is InChI=1S/C14H9Br2NO2/c15-10-6-5-9(7-3-1-2-4-8(7)10)11-12(16)14(19)17-13(11)18/h1-6,11-12H,(H,17,18,19). The van der Waals surface area contributed by atoms with Crippen molar-refractivity contribution in [3.05, 3.63) is 46.4 Å². The number of nitrogens with one attached hydrogen (secondary N) is 1. The highest BCUT2D eigenvalue weighted by Gasteiger charge is 2.41. The van der Waals surface area contributed by atoms with E-state index in [2.05, 4.69) is 37.2 Å². The molecular formula is C14H9Br2NO2. The minimum absolute atomic E-state index is 0.251. The van der Waals surface area contributed by atoms with Gasteiger partial charge in [0, 0.05) is 4.47 Å². The van der Waals surface area contributed by atoms with Crippen LogP contribution in [0.5, 0.6) is 0 Å². The van der Waals surface area contributed by atoms with Crippen LogP contribution in [0.25, 0.3) is 10.8 Å². The average Bonchev–Trinajstić information content (AvgIpc) is 2.65.